The second-order valence-corrected chi connectivity index (χ2v) is 4.01. The summed E-state index contributed by atoms with van der Waals surface area (Å²) in [7, 11) is 0. The van der Waals surface area contributed by atoms with Crippen LogP contribution >= 0.6 is 0 Å². The molecule has 0 radical (unpaired) electrons. The lowest BCUT2D eigenvalue weighted by Crippen LogP contribution is -2.54. The summed E-state index contributed by atoms with van der Waals surface area (Å²) in [6.45, 7) is 2.43. The number of nitrogens with one attached hydrogen (secondary N) is 1. The summed E-state index contributed by atoms with van der Waals surface area (Å²) in [6, 6.07) is 9.42. The lowest BCUT2D eigenvalue weighted by molar-refractivity contribution is -0.176. The van der Waals surface area contributed by atoms with Crippen molar-refractivity contribution in [1.29, 1.82) is 5.26 Å². The van der Waals surface area contributed by atoms with Crippen LogP contribution < -0.4 is 5.32 Å². The standard InChI is InChI=1S/C12H13F3N2/c1-9(10-6-4-3-5-7-10)17-11(2,8-16)12(13,14)15/h3-7,9,17H,1-2H3/t9-,11-/m0/s1. The molecule has 1 N–H and O–H groups in total. The number of hydrogen-bond donors (Lipinski definition) is 1. The molecule has 0 aliphatic carbocycles. The molecule has 1 rings (SSSR count). The van der Waals surface area contributed by atoms with Gasteiger partial charge in [0.2, 0.25) is 5.54 Å². The van der Waals surface area contributed by atoms with E-state index in [1.54, 1.807) is 37.3 Å². The minimum Gasteiger partial charge on any atom is -0.285 e. The van der Waals surface area contributed by atoms with Crippen molar-refractivity contribution in [2.75, 3.05) is 0 Å². The third-order valence-electron chi connectivity index (χ3n) is 2.60. The van der Waals surface area contributed by atoms with Crippen LogP contribution in [-0.2, 0) is 0 Å². The van der Waals surface area contributed by atoms with Crippen molar-refractivity contribution in [3.8, 4) is 6.07 Å². The minimum atomic E-state index is -4.61. The fraction of sp³-hybridized carbons (Fsp3) is 0.417. The van der Waals surface area contributed by atoms with Crippen LogP contribution in [0.2, 0.25) is 0 Å². The first-order valence-electron chi connectivity index (χ1n) is 5.11. The molecule has 17 heavy (non-hydrogen) atoms. The lowest BCUT2D eigenvalue weighted by atomic mass is 10.00. The van der Waals surface area contributed by atoms with E-state index in [0.29, 0.717) is 5.56 Å². The van der Waals surface area contributed by atoms with Crippen LogP contribution in [0.5, 0.6) is 0 Å². The summed E-state index contributed by atoms with van der Waals surface area (Å²) in [4.78, 5) is 0. The Morgan fingerprint density at radius 2 is 1.76 bits per heavy atom. The Morgan fingerprint density at radius 3 is 2.18 bits per heavy atom. The molecule has 2 atom stereocenters. The van der Waals surface area contributed by atoms with Gasteiger partial charge in [-0.3, -0.25) is 5.32 Å². The van der Waals surface area contributed by atoms with E-state index in [0.717, 1.165) is 6.92 Å². The quantitative estimate of drug-likeness (QED) is 0.883. The van der Waals surface area contributed by atoms with Crippen molar-refractivity contribution < 1.29 is 13.2 Å². The first-order valence-corrected chi connectivity index (χ1v) is 5.11. The van der Waals surface area contributed by atoms with Crippen LogP contribution in [0.4, 0.5) is 13.2 Å². The van der Waals surface area contributed by atoms with Crippen LogP contribution in [0.25, 0.3) is 0 Å². The number of nitrogens with zero attached hydrogens (tertiary/aromatic N) is 1. The topological polar surface area (TPSA) is 35.8 Å². The number of halogens is 3. The maximum absolute atomic E-state index is 12.7. The second kappa shape index (κ2) is 4.76. The van der Waals surface area contributed by atoms with Crippen LogP contribution in [0.1, 0.15) is 25.5 Å². The van der Waals surface area contributed by atoms with E-state index >= 15 is 0 Å². The molecule has 1 aromatic rings. The largest absolute Gasteiger partial charge is 0.419 e. The molecule has 0 amide bonds. The van der Waals surface area contributed by atoms with E-state index in [1.165, 1.54) is 6.07 Å². The van der Waals surface area contributed by atoms with E-state index in [2.05, 4.69) is 5.32 Å². The van der Waals surface area contributed by atoms with E-state index in [4.69, 9.17) is 5.26 Å². The number of hydrogen-bond acceptors (Lipinski definition) is 2. The predicted octanol–water partition coefficient (Wildman–Crippen LogP) is 3.18. The van der Waals surface area contributed by atoms with Crippen molar-refractivity contribution in [3.05, 3.63) is 35.9 Å². The van der Waals surface area contributed by atoms with Gasteiger partial charge in [-0.05, 0) is 19.4 Å². The first kappa shape index (κ1) is 13.5. The number of benzene rings is 1. The van der Waals surface area contributed by atoms with E-state index in [-0.39, 0.29) is 0 Å². The summed E-state index contributed by atoms with van der Waals surface area (Å²) < 4.78 is 38.1. The SMILES string of the molecule is C[C@H](N[C@@](C)(C#N)C(F)(F)F)c1ccccc1. The minimum absolute atomic E-state index is 0.553. The molecule has 0 spiro atoms. The molecule has 0 fully saturated rings. The lowest BCUT2D eigenvalue weighted by Gasteiger charge is -2.29. The van der Waals surface area contributed by atoms with Crippen molar-refractivity contribution in [3.63, 3.8) is 0 Å². The molecule has 0 aromatic heterocycles. The maximum Gasteiger partial charge on any atom is 0.419 e. The summed E-state index contributed by atoms with van der Waals surface area (Å²) in [6.07, 6.45) is -4.61. The smallest absolute Gasteiger partial charge is 0.285 e. The van der Waals surface area contributed by atoms with Crippen LogP contribution in [-0.4, -0.2) is 11.7 Å². The van der Waals surface area contributed by atoms with Crippen molar-refractivity contribution in [1.82, 2.24) is 5.32 Å². The average Bonchev–Trinajstić information content (AvgIpc) is 2.28. The summed E-state index contributed by atoms with van der Waals surface area (Å²) >= 11 is 0. The summed E-state index contributed by atoms with van der Waals surface area (Å²) in [5.41, 5.74) is -1.83. The van der Waals surface area contributed by atoms with E-state index < -0.39 is 17.8 Å². The Kier molecular flexibility index (Phi) is 3.79. The van der Waals surface area contributed by atoms with Gasteiger partial charge in [-0.15, -0.1) is 0 Å². The second-order valence-electron chi connectivity index (χ2n) is 4.01. The van der Waals surface area contributed by atoms with Crippen molar-refractivity contribution in [2.24, 2.45) is 0 Å². The van der Waals surface area contributed by atoms with Gasteiger partial charge in [-0.25, -0.2) is 0 Å². The highest BCUT2D eigenvalue weighted by molar-refractivity contribution is 5.20. The number of rotatable bonds is 3. The van der Waals surface area contributed by atoms with Crippen molar-refractivity contribution in [2.45, 2.75) is 31.6 Å². The van der Waals surface area contributed by atoms with Gasteiger partial charge in [0, 0.05) is 6.04 Å². The molecule has 0 saturated heterocycles. The first-order chi connectivity index (χ1) is 7.80. The Balaban J connectivity index is 2.88. The highest BCUT2D eigenvalue weighted by Gasteiger charge is 2.52. The van der Waals surface area contributed by atoms with E-state index in [9.17, 15) is 13.2 Å². The zero-order valence-electron chi connectivity index (χ0n) is 9.55. The molecule has 0 unspecified atom stereocenters. The Hall–Kier alpha value is -1.54. The van der Waals surface area contributed by atoms with Gasteiger partial charge in [-0.1, -0.05) is 30.3 Å². The van der Waals surface area contributed by atoms with Gasteiger partial charge >= 0.3 is 6.18 Å². The van der Waals surface area contributed by atoms with Gasteiger partial charge < -0.3 is 0 Å². The van der Waals surface area contributed by atoms with Gasteiger partial charge in [0.1, 0.15) is 0 Å². The molecular weight excluding hydrogens is 229 g/mol. The molecule has 0 heterocycles. The highest BCUT2D eigenvalue weighted by atomic mass is 19.4. The molecule has 0 aliphatic heterocycles. The van der Waals surface area contributed by atoms with Gasteiger partial charge in [0.05, 0.1) is 6.07 Å². The van der Waals surface area contributed by atoms with Crippen molar-refractivity contribution >= 4 is 0 Å². The zero-order valence-corrected chi connectivity index (χ0v) is 9.55. The fourth-order valence-electron chi connectivity index (χ4n) is 1.44. The Bertz CT molecular complexity index is 408. The van der Waals surface area contributed by atoms with Crippen LogP contribution in [0.3, 0.4) is 0 Å². The van der Waals surface area contributed by atoms with E-state index in [1.807, 2.05) is 0 Å². The third-order valence-corrected chi connectivity index (χ3v) is 2.60. The average molecular weight is 242 g/mol. The Morgan fingerprint density at radius 1 is 1.24 bits per heavy atom. The molecule has 1 aromatic carbocycles. The third kappa shape index (κ3) is 2.98. The van der Waals surface area contributed by atoms with Crippen LogP contribution in [0.15, 0.2) is 30.3 Å². The molecule has 0 saturated carbocycles. The molecule has 92 valence electrons. The van der Waals surface area contributed by atoms with Crippen LogP contribution in [0, 0.1) is 11.3 Å². The van der Waals surface area contributed by atoms with Gasteiger partial charge in [0.25, 0.3) is 0 Å². The summed E-state index contributed by atoms with van der Waals surface area (Å²) in [5, 5.41) is 11.0. The van der Waals surface area contributed by atoms with Gasteiger partial charge in [-0.2, -0.15) is 18.4 Å². The molecule has 0 bridgehead atoms. The molecule has 2 nitrogen and oxygen atoms in total. The fourth-order valence-corrected chi connectivity index (χ4v) is 1.44. The Labute approximate surface area is 98.1 Å². The monoisotopic (exact) mass is 242 g/mol. The molecule has 0 aliphatic rings. The highest BCUT2D eigenvalue weighted by Crippen LogP contribution is 2.31. The molecular formula is C12H13F3N2. The normalized spacial score (nSPS) is 16.9. The summed E-state index contributed by atoms with van der Waals surface area (Å²) in [5.74, 6) is 0. The zero-order chi connectivity index (χ0) is 13.1. The van der Waals surface area contributed by atoms with Gasteiger partial charge in [0.15, 0.2) is 0 Å². The maximum atomic E-state index is 12.7. The number of nitriles is 1. The molecule has 5 heteroatoms. The number of alkyl halides is 3. The predicted molar refractivity (Wildman–Crippen MR) is 58.1 cm³/mol.